The van der Waals surface area contributed by atoms with Gasteiger partial charge in [0.05, 0.1) is 12.6 Å². The van der Waals surface area contributed by atoms with Crippen LogP contribution in [0, 0.1) is 0 Å². The second-order valence-corrected chi connectivity index (χ2v) is 4.04. The highest BCUT2D eigenvalue weighted by molar-refractivity contribution is 5.80. The van der Waals surface area contributed by atoms with E-state index in [0.29, 0.717) is 18.5 Å². The fourth-order valence-electron chi connectivity index (χ4n) is 2.01. The Morgan fingerprint density at radius 2 is 2.06 bits per heavy atom. The van der Waals surface area contributed by atoms with Gasteiger partial charge in [0.25, 0.3) is 0 Å². The molecule has 0 spiro atoms. The van der Waals surface area contributed by atoms with Gasteiger partial charge in [0, 0.05) is 6.54 Å². The molecule has 4 N–H and O–H groups in total. The van der Waals surface area contributed by atoms with Crippen LogP contribution in [0.3, 0.4) is 0 Å². The van der Waals surface area contributed by atoms with Crippen LogP contribution < -0.4 is 11.5 Å². The lowest BCUT2D eigenvalue weighted by molar-refractivity contribution is 0.320. The predicted octanol–water partition coefficient (Wildman–Crippen LogP) is 0.534. The third kappa shape index (κ3) is 2.33. The molecule has 0 aromatic heterocycles. The first-order valence-electron chi connectivity index (χ1n) is 5.62. The number of aliphatic imine (C=N–C) groups is 1. The summed E-state index contributed by atoms with van der Waals surface area (Å²) in [7, 11) is 0. The number of hydrogen-bond acceptors (Lipinski definition) is 4. The van der Waals surface area contributed by atoms with Crippen molar-refractivity contribution in [2.45, 2.75) is 19.0 Å². The van der Waals surface area contributed by atoms with Crippen LogP contribution in [0.15, 0.2) is 35.3 Å². The van der Waals surface area contributed by atoms with E-state index in [9.17, 15) is 0 Å². The highest BCUT2D eigenvalue weighted by Gasteiger charge is 2.24. The second-order valence-electron chi connectivity index (χ2n) is 4.04. The molecule has 1 aromatic carbocycles. The van der Waals surface area contributed by atoms with Crippen molar-refractivity contribution >= 4 is 5.96 Å². The van der Waals surface area contributed by atoms with E-state index in [1.165, 1.54) is 5.56 Å². The van der Waals surface area contributed by atoms with E-state index in [0.717, 1.165) is 19.5 Å². The zero-order valence-corrected chi connectivity index (χ0v) is 9.34. The topological polar surface area (TPSA) is 67.6 Å². The van der Waals surface area contributed by atoms with Gasteiger partial charge in [-0.3, -0.25) is 4.99 Å². The molecule has 0 unspecified atom stereocenters. The first kappa shape index (κ1) is 11.0. The molecule has 0 saturated heterocycles. The number of benzene rings is 1. The number of nitrogens with two attached hydrogens (primary N) is 2. The van der Waals surface area contributed by atoms with Crippen LogP contribution in [0.1, 0.15) is 12.0 Å². The first-order chi connectivity index (χ1) is 7.81. The molecule has 0 amide bonds. The van der Waals surface area contributed by atoms with Gasteiger partial charge >= 0.3 is 0 Å². The lowest BCUT2D eigenvalue weighted by Crippen LogP contribution is -2.41. The monoisotopic (exact) mass is 218 g/mol. The van der Waals surface area contributed by atoms with Gasteiger partial charge in [-0.15, -0.1) is 0 Å². The zero-order valence-electron chi connectivity index (χ0n) is 9.34. The van der Waals surface area contributed by atoms with Crippen molar-refractivity contribution in [1.29, 1.82) is 0 Å². The summed E-state index contributed by atoms with van der Waals surface area (Å²) in [5.74, 6) is 0.641. The van der Waals surface area contributed by atoms with Gasteiger partial charge in [-0.05, 0) is 18.5 Å². The van der Waals surface area contributed by atoms with Crippen LogP contribution in [-0.4, -0.2) is 30.0 Å². The summed E-state index contributed by atoms with van der Waals surface area (Å²) in [5.41, 5.74) is 12.7. The Labute approximate surface area is 96.0 Å². The molecule has 1 heterocycles. The van der Waals surface area contributed by atoms with Crippen molar-refractivity contribution in [3.63, 3.8) is 0 Å². The maximum Gasteiger partial charge on any atom is 0.191 e. The Morgan fingerprint density at radius 1 is 1.31 bits per heavy atom. The van der Waals surface area contributed by atoms with Crippen LogP contribution in [0.5, 0.6) is 0 Å². The van der Waals surface area contributed by atoms with Crippen molar-refractivity contribution in [2.75, 3.05) is 13.1 Å². The molecule has 1 aromatic rings. The molecule has 4 heteroatoms. The number of hydrogen-bond donors (Lipinski definition) is 2. The minimum absolute atomic E-state index is 0.366. The van der Waals surface area contributed by atoms with Crippen molar-refractivity contribution in [3.05, 3.63) is 35.9 Å². The SMILES string of the molecule is NCC[C@@H]1CN=C(N)N1Cc1ccccc1. The van der Waals surface area contributed by atoms with Crippen molar-refractivity contribution in [3.8, 4) is 0 Å². The Morgan fingerprint density at radius 3 is 2.75 bits per heavy atom. The largest absolute Gasteiger partial charge is 0.370 e. The molecule has 1 atom stereocenters. The molecular weight excluding hydrogens is 200 g/mol. The summed E-state index contributed by atoms with van der Waals surface area (Å²) in [6.45, 7) is 2.27. The number of guanidine groups is 1. The minimum Gasteiger partial charge on any atom is -0.370 e. The van der Waals surface area contributed by atoms with Crippen LogP contribution in [0.4, 0.5) is 0 Å². The van der Waals surface area contributed by atoms with Crippen LogP contribution in [-0.2, 0) is 6.54 Å². The molecule has 4 nitrogen and oxygen atoms in total. The van der Waals surface area contributed by atoms with Crippen LogP contribution in [0.2, 0.25) is 0 Å². The van der Waals surface area contributed by atoms with E-state index in [4.69, 9.17) is 11.5 Å². The number of nitrogens with zero attached hydrogens (tertiary/aromatic N) is 2. The minimum atomic E-state index is 0.366. The van der Waals surface area contributed by atoms with E-state index in [1.807, 2.05) is 18.2 Å². The van der Waals surface area contributed by atoms with Gasteiger partial charge in [0.15, 0.2) is 5.96 Å². The Kier molecular flexibility index (Phi) is 3.41. The molecule has 0 aliphatic carbocycles. The lowest BCUT2D eigenvalue weighted by Gasteiger charge is -2.25. The van der Waals surface area contributed by atoms with Gasteiger partial charge in [0.2, 0.25) is 0 Å². The van der Waals surface area contributed by atoms with Gasteiger partial charge < -0.3 is 16.4 Å². The maximum atomic E-state index is 5.88. The van der Waals surface area contributed by atoms with E-state index < -0.39 is 0 Å². The Hall–Kier alpha value is -1.55. The second kappa shape index (κ2) is 4.99. The average molecular weight is 218 g/mol. The molecule has 0 radical (unpaired) electrons. The molecule has 1 aliphatic heterocycles. The Bertz CT molecular complexity index is 361. The standard InChI is InChI=1S/C12H18N4/c13-7-6-11-8-15-12(14)16(11)9-10-4-2-1-3-5-10/h1-5,11H,6-9,13H2,(H2,14,15)/t11-/m1/s1. The third-order valence-electron chi connectivity index (χ3n) is 2.89. The Balaban J connectivity index is 2.04. The predicted molar refractivity (Wildman–Crippen MR) is 65.9 cm³/mol. The average Bonchev–Trinajstić information content (AvgIpc) is 2.64. The summed E-state index contributed by atoms with van der Waals surface area (Å²) in [4.78, 5) is 6.42. The smallest absolute Gasteiger partial charge is 0.191 e. The molecule has 86 valence electrons. The highest BCUT2D eigenvalue weighted by atomic mass is 15.3. The van der Waals surface area contributed by atoms with E-state index in [1.54, 1.807) is 0 Å². The van der Waals surface area contributed by atoms with Crippen molar-refractivity contribution in [1.82, 2.24) is 4.90 Å². The maximum absolute atomic E-state index is 5.88. The summed E-state index contributed by atoms with van der Waals surface area (Å²) in [6.07, 6.45) is 0.942. The van der Waals surface area contributed by atoms with Crippen LogP contribution in [0.25, 0.3) is 0 Å². The number of rotatable bonds is 4. The van der Waals surface area contributed by atoms with Gasteiger partial charge in [-0.25, -0.2) is 0 Å². The molecular formula is C12H18N4. The molecule has 2 rings (SSSR count). The molecule has 0 saturated carbocycles. The van der Waals surface area contributed by atoms with Gasteiger partial charge in [-0.1, -0.05) is 30.3 Å². The van der Waals surface area contributed by atoms with Gasteiger partial charge in [0.1, 0.15) is 0 Å². The zero-order chi connectivity index (χ0) is 11.4. The van der Waals surface area contributed by atoms with Crippen molar-refractivity contribution in [2.24, 2.45) is 16.5 Å². The summed E-state index contributed by atoms with van der Waals surface area (Å²) in [5, 5.41) is 0. The molecule has 16 heavy (non-hydrogen) atoms. The first-order valence-corrected chi connectivity index (χ1v) is 5.62. The quantitative estimate of drug-likeness (QED) is 0.775. The molecule has 0 fully saturated rings. The highest BCUT2D eigenvalue weighted by Crippen LogP contribution is 2.15. The normalized spacial score (nSPS) is 19.9. The third-order valence-corrected chi connectivity index (χ3v) is 2.89. The lowest BCUT2D eigenvalue weighted by atomic mass is 10.1. The summed E-state index contributed by atoms with van der Waals surface area (Å²) >= 11 is 0. The van der Waals surface area contributed by atoms with E-state index >= 15 is 0 Å². The molecule has 1 aliphatic rings. The summed E-state index contributed by atoms with van der Waals surface area (Å²) < 4.78 is 0. The van der Waals surface area contributed by atoms with Crippen molar-refractivity contribution < 1.29 is 0 Å². The van der Waals surface area contributed by atoms with Crippen LogP contribution >= 0.6 is 0 Å². The fourth-order valence-corrected chi connectivity index (χ4v) is 2.01. The summed E-state index contributed by atoms with van der Waals surface area (Å²) in [6, 6.07) is 10.7. The fraction of sp³-hybridized carbons (Fsp3) is 0.417. The van der Waals surface area contributed by atoms with Gasteiger partial charge in [-0.2, -0.15) is 0 Å². The van der Waals surface area contributed by atoms with E-state index in [2.05, 4.69) is 22.0 Å². The van der Waals surface area contributed by atoms with E-state index in [-0.39, 0.29) is 0 Å². The molecule has 0 bridgehead atoms.